The molecule has 1 rings (SSSR count). The van der Waals surface area contributed by atoms with Gasteiger partial charge in [0.15, 0.2) is 0 Å². The van der Waals surface area contributed by atoms with E-state index in [0.29, 0.717) is 19.5 Å². The van der Waals surface area contributed by atoms with Crippen LogP contribution in [0.25, 0.3) is 0 Å². The van der Waals surface area contributed by atoms with Gasteiger partial charge in [-0.05, 0) is 12.3 Å². The lowest BCUT2D eigenvalue weighted by Crippen LogP contribution is -2.59. The Balaban J connectivity index is 2.67. The van der Waals surface area contributed by atoms with E-state index in [1.165, 1.54) is 0 Å². The largest absolute Gasteiger partial charge is 0.353 e. The van der Waals surface area contributed by atoms with E-state index in [2.05, 4.69) is 12.2 Å². The predicted molar refractivity (Wildman–Crippen MR) is 62.9 cm³/mol. The van der Waals surface area contributed by atoms with Crippen LogP contribution in [0, 0.1) is 5.92 Å². The maximum Gasteiger partial charge on any atom is 0.243 e. The molecule has 1 saturated heterocycles. The zero-order valence-electron chi connectivity index (χ0n) is 10.5. The second kappa shape index (κ2) is 5.87. The van der Waals surface area contributed by atoms with Crippen LogP contribution in [0.2, 0.25) is 0 Å². The Hall–Kier alpha value is -1.06. The highest BCUT2D eigenvalue weighted by Gasteiger charge is 2.34. The summed E-state index contributed by atoms with van der Waals surface area (Å²) in [7, 11) is 0. The van der Waals surface area contributed by atoms with Crippen LogP contribution >= 0.6 is 0 Å². The van der Waals surface area contributed by atoms with Crippen LogP contribution in [-0.4, -0.2) is 35.8 Å². The molecule has 0 aliphatic carbocycles. The molecule has 1 atom stereocenters. The summed E-state index contributed by atoms with van der Waals surface area (Å²) >= 11 is 0. The molecule has 0 bridgehead atoms. The molecule has 1 unspecified atom stereocenters. The number of hydrogen-bond donors (Lipinski definition) is 1. The van der Waals surface area contributed by atoms with Crippen LogP contribution in [0.5, 0.6) is 0 Å². The van der Waals surface area contributed by atoms with Crippen molar-refractivity contribution in [3.63, 3.8) is 0 Å². The molecule has 0 radical (unpaired) electrons. The van der Waals surface area contributed by atoms with Gasteiger partial charge in [-0.1, -0.05) is 27.2 Å². The van der Waals surface area contributed by atoms with Gasteiger partial charge in [-0.25, -0.2) is 0 Å². The number of rotatable bonds is 4. The van der Waals surface area contributed by atoms with Gasteiger partial charge in [0.05, 0.1) is 0 Å². The smallest absolute Gasteiger partial charge is 0.243 e. The van der Waals surface area contributed by atoms with E-state index in [9.17, 15) is 9.59 Å². The molecule has 1 heterocycles. The van der Waals surface area contributed by atoms with Crippen LogP contribution in [0.3, 0.4) is 0 Å². The minimum Gasteiger partial charge on any atom is -0.353 e. The second-order valence-corrected chi connectivity index (χ2v) is 4.67. The normalized spacial score (nSPS) is 21.1. The lowest BCUT2D eigenvalue weighted by atomic mass is 9.99. The molecule has 16 heavy (non-hydrogen) atoms. The molecule has 0 saturated carbocycles. The number of hydrogen-bond acceptors (Lipinski definition) is 2. The monoisotopic (exact) mass is 226 g/mol. The van der Waals surface area contributed by atoms with Crippen molar-refractivity contribution in [2.45, 2.75) is 46.1 Å². The van der Waals surface area contributed by atoms with Gasteiger partial charge in [0.2, 0.25) is 11.8 Å². The molecular weight excluding hydrogens is 204 g/mol. The van der Waals surface area contributed by atoms with Gasteiger partial charge in [0, 0.05) is 19.5 Å². The van der Waals surface area contributed by atoms with Crippen molar-refractivity contribution in [3.05, 3.63) is 0 Å². The van der Waals surface area contributed by atoms with Crippen molar-refractivity contribution in [3.8, 4) is 0 Å². The van der Waals surface area contributed by atoms with Crippen molar-refractivity contribution in [1.82, 2.24) is 10.2 Å². The summed E-state index contributed by atoms with van der Waals surface area (Å²) in [6, 6.07) is -0.280. The summed E-state index contributed by atoms with van der Waals surface area (Å²) in [5, 5.41) is 2.82. The molecule has 4 heteroatoms. The van der Waals surface area contributed by atoms with Crippen LogP contribution in [0.4, 0.5) is 0 Å². The third-order valence-corrected chi connectivity index (χ3v) is 2.95. The van der Waals surface area contributed by atoms with Crippen molar-refractivity contribution >= 4 is 11.8 Å². The number of nitrogens with zero attached hydrogens (tertiary/aromatic N) is 1. The first-order valence-corrected chi connectivity index (χ1v) is 6.15. The third kappa shape index (κ3) is 2.97. The molecule has 0 aromatic carbocycles. The first kappa shape index (κ1) is 13.0. The molecule has 1 N–H and O–H groups in total. The number of carbonyl (C=O) groups is 2. The fraction of sp³-hybridized carbons (Fsp3) is 0.833. The average molecular weight is 226 g/mol. The topological polar surface area (TPSA) is 49.4 Å². The Morgan fingerprint density at radius 1 is 1.56 bits per heavy atom. The van der Waals surface area contributed by atoms with Crippen LogP contribution in [-0.2, 0) is 9.59 Å². The molecule has 92 valence electrons. The summed E-state index contributed by atoms with van der Waals surface area (Å²) in [6.07, 6.45) is 2.48. The number of unbranched alkanes of at least 4 members (excludes halogenated alkanes) is 1. The molecule has 1 aliphatic heterocycles. The van der Waals surface area contributed by atoms with E-state index in [4.69, 9.17) is 0 Å². The Kier molecular flexibility index (Phi) is 4.77. The molecule has 2 amide bonds. The first-order chi connectivity index (χ1) is 7.57. The molecule has 4 nitrogen and oxygen atoms in total. The van der Waals surface area contributed by atoms with Gasteiger partial charge in [-0.3, -0.25) is 9.59 Å². The molecular formula is C12H22N2O2. The summed E-state index contributed by atoms with van der Waals surface area (Å²) in [5.74, 6) is 0.285. The van der Waals surface area contributed by atoms with Crippen molar-refractivity contribution in [1.29, 1.82) is 0 Å². The standard InChI is InChI=1S/C12H22N2O2/c1-4-5-6-10(15)14-8-7-13-12(16)11(14)9(2)3/h9,11H,4-8H2,1-3H3,(H,13,16). The van der Waals surface area contributed by atoms with Gasteiger partial charge in [0.25, 0.3) is 0 Å². The zero-order valence-corrected chi connectivity index (χ0v) is 10.5. The van der Waals surface area contributed by atoms with E-state index in [0.717, 1.165) is 12.8 Å². The Labute approximate surface area is 97.4 Å². The molecule has 0 aromatic rings. The van der Waals surface area contributed by atoms with Crippen LogP contribution in [0.1, 0.15) is 40.0 Å². The Bertz CT molecular complexity index is 264. The van der Waals surface area contributed by atoms with Gasteiger partial charge in [-0.15, -0.1) is 0 Å². The van der Waals surface area contributed by atoms with Crippen molar-refractivity contribution in [2.24, 2.45) is 5.92 Å². The first-order valence-electron chi connectivity index (χ1n) is 6.15. The number of piperazine rings is 1. The number of amides is 2. The summed E-state index contributed by atoms with van der Waals surface area (Å²) in [4.78, 5) is 25.4. The summed E-state index contributed by atoms with van der Waals surface area (Å²) < 4.78 is 0. The molecule has 1 aliphatic rings. The summed E-state index contributed by atoms with van der Waals surface area (Å²) in [6.45, 7) is 7.26. The number of carbonyl (C=O) groups excluding carboxylic acids is 2. The van der Waals surface area contributed by atoms with Crippen molar-refractivity contribution in [2.75, 3.05) is 13.1 Å². The van der Waals surface area contributed by atoms with Gasteiger partial charge < -0.3 is 10.2 Å². The maximum absolute atomic E-state index is 12.0. The quantitative estimate of drug-likeness (QED) is 0.782. The van der Waals surface area contributed by atoms with E-state index < -0.39 is 0 Å². The van der Waals surface area contributed by atoms with Crippen molar-refractivity contribution < 1.29 is 9.59 Å². The SMILES string of the molecule is CCCCC(=O)N1CCNC(=O)C1C(C)C. The van der Waals surface area contributed by atoms with Crippen LogP contribution < -0.4 is 5.32 Å². The fourth-order valence-corrected chi connectivity index (χ4v) is 2.10. The summed E-state index contributed by atoms with van der Waals surface area (Å²) in [5.41, 5.74) is 0. The lowest BCUT2D eigenvalue weighted by Gasteiger charge is -2.37. The average Bonchev–Trinajstić information content (AvgIpc) is 2.24. The minimum atomic E-state index is -0.280. The Morgan fingerprint density at radius 3 is 2.81 bits per heavy atom. The molecule has 1 fully saturated rings. The van der Waals surface area contributed by atoms with Gasteiger partial charge in [-0.2, -0.15) is 0 Å². The Morgan fingerprint density at radius 2 is 2.25 bits per heavy atom. The van der Waals surface area contributed by atoms with Crippen LogP contribution in [0.15, 0.2) is 0 Å². The van der Waals surface area contributed by atoms with E-state index >= 15 is 0 Å². The van der Waals surface area contributed by atoms with Gasteiger partial charge >= 0.3 is 0 Å². The lowest BCUT2D eigenvalue weighted by molar-refractivity contribution is -0.145. The van der Waals surface area contributed by atoms with E-state index in [1.807, 2.05) is 13.8 Å². The second-order valence-electron chi connectivity index (χ2n) is 4.67. The predicted octanol–water partition coefficient (Wildman–Crippen LogP) is 1.16. The number of nitrogens with one attached hydrogen (secondary N) is 1. The molecule has 0 aromatic heterocycles. The highest BCUT2D eigenvalue weighted by Crippen LogP contribution is 2.16. The van der Waals surface area contributed by atoms with Gasteiger partial charge in [0.1, 0.15) is 6.04 Å². The van der Waals surface area contributed by atoms with E-state index in [-0.39, 0.29) is 23.8 Å². The maximum atomic E-state index is 12.0. The highest BCUT2D eigenvalue weighted by molar-refractivity contribution is 5.89. The minimum absolute atomic E-state index is 0.00824. The zero-order chi connectivity index (χ0) is 12.1. The van der Waals surface area contributed by atoms with E-state index in [1.54, 1.807) is 4.90 Å². The highest BCUT2D eigenvalue weighted by atomic mass is 16.2. The third-order valence-electron chi connectivity index (χ3n) is 2.95. The molecule has 0 spiro atoms. The fourth-order valence-electron chi connectivity index (χ4n) is 2.10.